The van der Waals surface area contributed by atoms with E-state index < -0.39 is 0 Å². The van der Waals surface area contributed by atoms with Crippen molar-refractivity contribution in [3.8, 4) is 11.5 Å². The molecule has 6 nitrogen and oxygen atoms in total. The minimum atomic E-state index is -0.0885. The molecule has 0 aliphatic carbocycles. The molecule has 2 unspecified atom stereocenters. The van der Waals surface area contributed by atoms with Crippen LogP contribution < -0.4 is 14.8 Å². The molecule has 1 aromatic carbocycles. The van der Waals surface area contributed by atoms with Crippen molar-refractivity contribution in [1.29, 1.82) is 0 Å². The Kier molecular flexibility index (Phi) is 5.48. The smallest absolute Gasteiger partial charge is 0.255 e. The second kappa shape index (κ2) is 8.19. The summed E-state index contributed by atoms with van der Waals surface area (Å²) in [5.74, 6) is 1.63. The largest absolute Gasteiger partial charge is 0.497 e. The number of rotatable bonds is 6. The second-order valence-corrected chi connectivity index (χ2v) is 7.57. The Morgan fingerprint density at radius 1 is 1.21 bits per heavy atom. The molecule has 0 saturated carbocycles. The molecule has 2 atom stereocenters. The number of carbonyl (C=O) groups excluding carboxylic acids is 1. The molecule has 6 heteroatoms. The van der Waals surface area contributed by atoms with E-state index in [2.05, 4.69) is 21.3 Å². The molecule has 3 fully saturated rings. The molecule has 1 N–H and O–H groups in total. The van der Waals surface area contributed by atoms with Crippen molar-refractivity contribution in [2.45, 2.75) is 31.3 Å². The van der Waals surface area contributed by atoms with Gasteiger partial charge in [-0.25, -0.2) is 0 Å². The number of benzene rings is 1. The number of piperidine rings is 3. The molecule has 0 radical (unpaired) electrons. The molecule has 3 aliphatic rings. The van der Waals surface area contributed by atoms with Crippen LogP contribution in [0.5, 0.6) is 11.5 Å². The molecule has 0 spiro atoms. The average molecular weight is 381 g/mol. The first kappa shape index (κ1) is 18.7. The van der Waals surface area contributed by atoms with Gasteiger partial charge >= 0.3 is 0 Å². The van der Waals surface area contributed by atoms with Gasteiger partial charge in [0, 0.05) is 30.5 Å². The Morgan fingerprint density at radius 3 is 2.71 bits per heavy atom. The molecule has 148 valence electrons. The predicted octanol–water partition coefficient (Wildman–Crippen LogP) is 2.53. The first-order valence-corrected chi connectivity index (χ1v) is 9.85. The summed E-state index contributed by atoms with van der Waals surface area (Å²) in [5.41, 5.74) is 1.75. The average Bonchev–Trinajstić information content (AvgIpc) is 2.76. The number of aromatic nitrogens is 1. The summed E-state index contributed by atoms with van der Waals surface area (Å²) in [6, 6.07) is 9.82. The van der Waals surface area contributed by atoms with Crippen molar-refractivity contribution in [3.63, 3.8) is 0 Å². The van der Waals surface area contributed by atoms with Crippen LogP contribution in [0.2, 0.25) is 0 Å². The highest BCUT2D eigenvalue weighted by molar-refractivity contribution is 5.97. The molecule has 4 heterocycles. The summed E-state index contributed by atoms with van der Waals surface area (Å²) >= 11 is 0. The van der Waals surface area contributed by atoms with Crippen molar-refractivity contribution in [3.05, 3.63) is 53.9 Å². The summed E-state index contributed by atoms with van der Waals surface area (Å²) in [4.78, 5) is 19.9. The highest BCUT2D eigenvalue weighted by Gasteiger charge is 2.43. The predicted molar refractivity (Wildman–Crippen MR) is 107 cm³/mol. The number of methoxy groups -OCH3 is 2. The minimum Gasteiger partial charge on any atom is -0.497 e. The number of hydrogen-bond donors (Lipinski definition) is 1. The Hall–Kier alpha value is -2.60. The summed E-state index contributed by atoms with van der Waals surface area (Å²) in [6.07, 6.45) is 6.89. The minimum absolute atomic E-state index is 0.0885. The monoisotopic (exact) mass is 381 g/mol. The zero-order chi connectivity index (χ0) is 19.5. The van der Waals surface area contributed by atoms with E-state index in [-0.39, 0.29) is 11.9 Å². The Morgan fingerprint density at radius 2 is 2.04 bits per heavy atom. The summed E-state index contributed by atoms with van der Waals surface area (Å²) in [6.45, 7) is 2.21. The van der Waals surface area contributed by atoms with Gasteiger partial charge in [0.15, 0.2) is 0 Å². The van der Waals surface area contributed by atoms with Crippen LogP contribution in [0, 0.1) is 5.92 Å². The number of nitrogens with zero attached hydrogens (tertiary/aromatic N) is 2. The molecule has 3 saturated heterocycles. The fourth-order valence-corrected chi connectivity index (χ4v) is 4.60. The van der Waals surface area contributed by atoms with Crippen LogP contribution in [0.15, 0.2) is 42.7 Å². The van der Waals surface area contributed by atoms with Gasteiger partial charge in [-0.1, -0.05) is 6.07 Å². The lowest BCUT2D eigenvalue weighted by Crippen LogP contribution is -2.64. The van der Waals surface area contributed by atoms with Crippen molar-refractivity contribution in [2.24, 2.45) is 5.92 Å². The normalized spacial score (nSPS) is 25.9. The SMILES string of the molecule is COc1ccc(C(=O)NC2C3CCN(CC3)C2Cc2cccnc2)c(OC)c1. The topological polar surface area (TPSA) is 63.7 Å². The zero-order valence-corrected chi connectivity index (χ0v) is 16.4. The maximum atomic E-state index is 13.1. The lowest BCUT2D eigenvalue weighted by Gasteiger charge is -2.51. The highest BCUT2D eigenvalue weighted by Crippen LogP contribution is 2.34. The van der Waals surface area contributed by atoms with E-state index in [1.165, 1.54) is 5.56 Å². The van der Waals surface area contributed by atoms with Crippen LogP contribution in [0.4, 0.5) is 0 Å². The van der Waals surface area contributed by atoms with E-state index in [4.69, 9.17) is 9.47 Å². The molecule has 2 bridgehead atoms. The molecule has 1 aromatic heterocycles. The number of amides is 1. The zero-order valence-electron chi connectivity index (χ0n) is 16.4. The van der Waals surface area contributed by atoms with Crippen LogP contribution in [0.1, 0.15) is 28.8 Å². The number of pyridine rings is 1. The van der Waals surface area contributed by atoms with Crippen molar-refractivity contribution >= 4 is 5.91 Å². The molecule has 3 aliphatic heterocycles. The third kappa shape index (κ3) is 3.69. The maximum absolute atomic E-state index is 13.1. The Bertz CT molecular complexity index is 819. The van der Waals surface area contributed by atoms with Gasteiger partial charge in [0.25, 0.3) is 5.91 Å². The van der Waals surface area contributed by atoms with Gasteiger partial charge < -0.3 is 14.8 Å². The number of nitrogens with one attached hydrogen (secondary N) is 1. The lowest BCUT2D eigenvalue weighted by molar-refractivity contribution is 0.0135. The number of carbonyl (C=O) groups is 1. The van der Waals surface area contributed by atoms with Crippen molar-refractivity contribution in [2.75, 3.05) is 27.3 Å². The molecule has 1 amide bonds. The summed E-state index contributed by atoms with van der Waals surface area (Å²) in [7, 11) is 3.18. The lowest BCUT2D eigenvalue weighted by atomic mass is 9.76. The van der Waals surface area contributed by atoms with Crippen LogP contribution in [0.25, 0.3) is 0 Å². The Labute approximate surface area is 165 Å². The number of hydrogen-bond acceptors (Lipinski definition) is 5. The first-order chi connectivity index (χ1) is 13.7. The van der Waals surface area contributed by atoms with Crippen LogP contribution in [-0.2, 0) is 6.42 Å². The highest BCUT2D eigenvalue weighted by atomic mass is 16.5. The fraction of sp³-hybridized carbons (Fsp3) is 0.455. The third-order valence-electron chi connectivity index (χ3n) is 6.08. The third-order valence-corrected chi connectivity index (χ3v) is 6.08. The van der Waals surface area contributed by atoms with Crippen molar-refractivity contribution < 1.29 is 14.3 Å². The Balaban J connectivity index is 1.55. The van der Waals surface area contributed by atoms with Crippen LogP contribution in [0.3, 0.4) is 0 Å². The fourth-order valence-electron chi connectivity index (χ4n) is 4.60. The molecule has 2 aromatic rings. The van der Waals surface area contributed by atoms with E-state index >= 15 is 0 Å². The molecular formula is C22H27N3O3. The molecular weight excluding hydrogens is 354 g/mol. The first-order valence-electron chi connectivity index (χ1n) is 9.85. The second-order valence-electron chi connectivity index (χ2n) is 7.57. The van der Waals surface area contributed by atoms with E-state index in [9.17, 15) is 4.79 Å². The van der Waals surface area contributed by atoms with Gasteiger partial charge in [-0.2, -0.15) is 0 Å². The van der Waals surface area contributed by atoms with Gasteiger partial charge in [0.2, 0.25) is 0 Å². The van der Waals surface area contributed by atoms with Gasteiger partial charge in [0.05, 0.1) is 19.8 Å². The molecule has 5 rings (SSSR count). The maximum Gasteiger partial charge on any atom is 0.255 e. The number of fused-ring (bicyclic) bond motifs is 3. The van der Waals surface area contributed by atoms with Gasteiger partial charge in [-0.3, -0.25) is 14.7 Å². The van der Waals surface area contributed by atoms with Gasteiger partial charge in [-0.15, -0.1) is 0 Å². The standard InChI is InChI=1S/C22H27N3O3/c1-27-17-5-6-18(20(13-17)28-2)22(26)24-21-16-7-10-25(11-8-16)19(21)12-15-4-3-9-23-14-15/h3-6,9,13-14,16,19,21H,7-8,10-12H2,1-2H3,(H,24,26). The van der Waals surface area contributed by atoms with Crippen LogP contribution in [-0.4, -0.2) is 55.2 Å². The summed E-state index contributed by atoms with van der Waals surface area (Å²) < 4.78 is 10.7. The van der Waals surface area contributed by atoms with E-state index in [0.717, 1.165) is 32.4 Å². The van der Waals surface area contributed by atoms with E-state index in [1.54, 1.807) is 38.6 Å². The van der Waals surface area contributed by atoms with E-state index in [1.807, 2.05) is 12.3 Å². The van der Waals surface area contributed by atoms with Crippen molar-refractivity contribution in [1.82, 2.24) is 15.2 Å². The summed E-state index contributed by atoms with van der Waals surface area (Å²) in [5, 5.41) is 3.33. The quantitative estimate of drug-likeness (QED) is 0.833. The van der Waals surface area contributed by atoms with Gasteiger partial charge in [0.1, 0.15) is 11.5 Å². The van der Waals surface area contributed by atoms with Gasteiger partial charge in [-0.05, 0) is 62.0 Å². The van der Waals surface area contributed by atoms with Crippen LogP contribution >= 0.6 is 0 Å². The molecule has 28 heavy (non-hydrogen) atoms. The van der Waals surface area contributed by atoms with E-state index in [0.29, 0.717) is 29.0 Å². The number of ether oxygens (including phenoxy) is 2.